The summed E-state index contributed by atoms with van der Waals surface area (Å²) in [7, 11) is 1.22. The second-order valence-corrected chi connectivity index (χ2v) is 4.63. The fourth-order valence-electron chi connectivity index (χ4n) is 1.33. The molecule has 104 valence electrons. The van der Waals surface area contributed by atoms with E-state index in [0.29, 0.717) is 0 Å². The van der Waals surface area contributed by atoms with Crippen molar-refractivity contribution in [1.82, 2.24) is 4.98 Å². The van der Waals surface area contributed by atoms with E-state index in [2.05, 4.69) is 15.0 Å². The van der Waals surface area contributed by atoms with E-state index in [1.807, 2.05) is 0 Å². The molecule has 1 aromatic heterocycles. The predicted molar refractivity (Wildman–Crippen MR) is 67.8 cm³/mol. The van der Waals surface area contributed by atoms with Gasteiger partial charge in [0.15, 0.2) is 16.8 Å². The Kier molecular flexibility index (Phi) is 4.04. The van der Waals surface area contributed by atoms with Crippen LogP contribution in [0, 0.1) is 11.6 Å². The maximum absolute atomic E-state index is 13.0. The third-order valence-electron chi connectivity index (χ3n) is 2.29. The van der Waals surface area contributed by atoms with Crippen LogP contribution in [0.1, 0.15) is 20.0 Å². The van der Waals surface area contributed by atoms with Gasteiger partial charge in [0, 0.05) is 5.56 Å². The van der Waals surface area contributed by atoms with E-state index in [1.54, 1.807) is 0 Å². The van der Waals surface area contributed by atoms with Crippen LogP contribution in [0.2, 0.25) is 0 Å². The summed E-state index contributed by atoms with van der Waals surface area (Å²) in [5.41, 5.74) is -0.0567. The lowest BCUT2D eigenvalue weighted by Crippen LogP contribution is -2.12. The zero-order valence-corrected chi connectivity index (χ0v) is 11.0. The Bertz CT molecular complexity index is 672. The summed E-state index contributed by atoms with van der Waals surface area (Å²) in [5, 5.41) is 2.53. The molecule has 0 bridgehead atoms. The van der Waals surface area contributed by atoms with Crippen LogP contribution < -0.4 is 5.32 Å². The Hall–Kier alpha value is -2.35. The number of nitrogens with one attached hydrogen (secondary N) is 1. The number of hydrogen-bond donors (Lipinski definition) is 1. The summed E-state index contributed by atoms with van der Waals surface area (Å²) in [6, 6.07) is 2.77. The number of thiazole rings is 1. The van der Waals surface area contributed by atoms with Crippen molar-refractivity contribution in [1.29, 1.82) is 0 Å². The highest BCUT2D eigenvalue weighted by atomic mass is 32.1. The quantitative estimate of drug-likeness (QED) is 0.884. The Morgan fingerprint density at radius 1 is 1.30 bits per heavy atom. The number of aromatic nitrogens is 1. The second-order valence-electron chi connectivity index (χ2n) is 3.60. The number of ether oxygens (including phenoxy) is 1. The van der Waals surface area contributed by atoms with Crippen LogP contribution in [0.3, 0.4) is 0 Å². The molecule has 0 saturated heterocycles. The van der Waals surface area contributed by atoms with Gasteiger partial charge in [0.05, 0.1) is 13.3 Å². The molecule has 1 amide bonds. The van der Waals surface area contributed by atoms with Gasteiger partial charge in [-0.3, -0.25) is 10.1 Å². The van der Waals surface area contributed by atoms with Crippen LogP contribution in [0.15, 0.2) is 24.4 Å². The number of carbonyl (C=O) groups is 2. The van der Waals surface area contributed by atoms with Gasteiger partial charge in [0.1, 0.15) is 4.88 Å². The molecule has 5 nitrogen and oxygen atoms in total. The normalized spacial score (nSPS) is 10.2. The smallest absolute Gasteiger partial charge is 0.349 e. The number of amides is 1. The summed E-state index contributed by atoms with van der Waals surface area (Å²) in [5.74, 6) is -3.39. The van der Waals surface area contributed by atoms with Gasteiger partial charge in [-0.1, -0.05) is 11.3 Å². The number of carbonyl (C=O) groups excluding carboxylic acids is 2. The van der Waals surface area contributed by atoms with Gasteiger partial charge in [-0.05, 0) is 18.2 Å². The molecule has 1 heterocycles. The van der Waals surface area contributed by atoms with Crippen LogP contribution in [0.5, 0.6) is 0 Å². The molecule has 1 N–H and O–H groups in total. The number of hydrogen-bond acceptors (Lipinski definition) is 5. The molecule has 0 saturated carbocycles. The number of benzene rings is 1. The van der Waals surface area contributed by atoms with Crippen LogP contribution in [0.4, 0.5) is 13.9 Å². The largest absolute Gasteiger partial charge is 0.465 e. The van der Waals surface area contributed by atoms with Crippen molar-refractivity contribution in [2.75, 3.05) is 12.4 Å². The molecular formula is C12H8F2N2O3S. The lowest BCUT2D eigenvalue weighted by Gasteiger charge is -2.02. The van der Waals surface area contributed by atoms with Crippen molar-refractivity contribution in [3.8, 4) is 0 Å². The second kappa shape index (κ2) is 5.74. The van der Waals surface area contributed by atoms with Crippen molar-refractivity contribution in [3.63, 3.8) is 0 Å². The highest BCUT2D eigenvalue weighted by Gasteiger charge is 2.14. The first-order valence-electron chi connectivity index (χ1n) is 5.32. The minimum absolute atomic E-state index is 0.0567. The molecule has 1 aromatic carbocycles. The van der Waals surface area contributed by atoms with Crippen LogP contribution in [0.25, 0.3) is 0 Å². The topological polar surface area (TPSA) is 68.3 Å². The average molecular weight is 298 g/mol. The molecular weight excluding hydrogens is 290 g/mol. The van der Waals surface area contributed by atoms with E-state index in [9.17, 15) is 18.4 Å². The maximum atomic E-state index is 13.0. The van der Waals surface area contributed by atoms with Gasteiger partial charge >= 0.3 is 5.97 Å². The zero-order chi connectivity index (χ0) is 14.7. The van der Waals surface area contributed by atoms with Crippen molar-refractivity contribution in [2.24, 2.45) is 0 Å². The molecule has 0 unspecified atom stereocenters. The minimum Gasteiger partial charge on any atom is -0.465 e. The Morgan fingerprint density at radius 3 is 2.70 bits per heavy atom. The first kappa shape index (κ1) is 14.1. The molecule has 0 aliphatic rings. The van der Waals surface area contributed by atoms with E-state index in [-0.39, 0.29) is 15.6 Å². The van der Waals surface area contributed by atoms with Crippen molar-refractivity contribution >= 4 is 28.3 Å². The number of halogens is 2. The monoisotopic (exact) mass is 298 g/mol. The molecule has 20 heavy (non-hydrogen) atoms. The highest BCUT2D eigenvalue weighted by molar-refractivity contribution is 7.17. The molecule has 2 rings (SSSR count). The number of nitrogens with zero attached hydrogens (tertiary/aromatic N) is 1. The Morgan fingerprint density at radius 2 is 2.05 bits per heavy atom. The van der Waals surface area contributed by atoms with Crippen LogP contribution in [-0.2, 0) is 4.74 Å². The van der Waals surface area contributed by atoms with Gasteiger partial charge in [-0.2, -0.15) is 0 Å². The first-order chi connectivity index (χ1) is 9.51. The van der Waals surface area contributed by atoms with E-state index >= 15 is 0 Å². The van der Waals surface area contributed by atoms with Gasteiger partial charge in [-0.15, -0.1) is 0 Å². The molecule has 0 spiro atoms. The van der Waals surface area contributed by atoms with Crippen molar-refractivity contribution < 1.29 is 23.1 Å². The number of methoxy groups -OCH3 is 1. The molecule has 0 aliphatic heterocycles. The van der Waals surface area contributed by atoms with Crippen molar-refractivity contribution in [2.45, 2.75) is 0 Å². The molecule has 0 fully saturated rings. The highest BCUT2D eigenvalue weighted by Crippen LogP contribution is 2.20. The number of anilines is 1. The van der Waals surface area contributed by atoms with E-state index < -0.39 is 23.5 Å². The average Bonchev–Trinajstić information content (AvgIpc) is 2.89. The predicted octanol–water partition coefficient (Wildman–Crippen LogP) is 2.46. The Labute approximate surface area is 116 Å². The molecule has 0 aliphatic carbocycles. The van der Waals surface area contributed by atoms with Crippen LogP contribution >= 0.6 is 11.3 Å². The van der Waals surface area contributed by atoms with E-state index in [1.165, 1.54) is 13.3 Å². The third kappa shape index (κ3) is 2.97. The van der Waals surface area contributed by atoms with E-state index in [0.717, 1.165) is 29.5 Å². The fourth-order valence-corrected chi connectivity index (χ4v) is 2.06. The van der Waals surface area contributed by atoms with Gasteiger partial charge < -0.3 is 4.74 Å². The summed E-state index contributed by atoms with van der Waals surface area (Å²) < 4.78 is 30.3. The third-order valence-corrected chi connectivity index (χ3v) is 3.19. The lowest BCUT2D eigenvalue weighted by molar-refractivity contribution is 0.0606. The SMILES string of the molecule is COC(=O)c1cnc(NC(=O)c2ccc(F)c(F)c2)s1. The van der Waals surface area contributed by atoms with Crippen molar-refractivity contribution in [3.05, 3.63) is 46.5 Å². The van der Waals surface area contributed by atoms with Gasteiger partial charge in [-0.25, -0.2) is 18.6 Å². The standard InChI is InChI=1S/C12H8F2N2O3S/c1-19-11(18)9-5-15-12(20-9)16-10(17)6-2-3-7(13)8(14)4-6/h2-5H,1H3,(H,15,16,17). The maximum Gasteiger partial charge on any atom is 0.349 e. The van der Waals surface area contributed by atoms with Gasteiger partial charge in [0.2, 0.25) is 0 Å². The molecule has 0 radical (unpaired) electrons. The fraction of sp³-hybridized carbons (Fsp3) is 0.0833. The Balaban J connectivity index is 2.13. The number of rotatable bonds is 3. The summed E-state index contributed by atoms with van der Waals surface area (Å²) in [4.78, 5) is 27.0. The lowest BCUT2D eigenvalue weighted by atomic mass is 10.2. The van der Waals surface area contributed by atoms with E-state index in [4.69, 9.17) is 0 Å². The zero-order valence-electron chi connectivity index (χ0n) is 10.1. The first-order valence-corrected chi connectivity index (χ1v) is 6.13. The molecule has 0 atom stereocenters. The molecule has 2 aromatic rings. The van der Waals surface area contributed by atoms with Crippen LogP contribution in [-0.4, -0.2) is 24.0 Å². The summed E-state index contributed by atoms with van der Waals surface area (Å²) >= 11 is 0.910. The minimum atomic E-state index is -1.12. The molecule has 8 heteroatoms. The summed E-state index contributed by atoms with van der Waals surface area (Å²) in [6.45, 7) is 0. The number of esters is 1. The van der Waals surface area contributed by atoms with Gasteiger partial charge in [0.25, 0.3) is 5.91 Å². The summed E-state index contributed by atoms with van der Waals surface area (Å²) in [6.07, 6.45) is 1.25.